The summed E-state index contributed by atoms with van der Waals surface area (Å²) in [6.45, 7) is -2.00. The Morgan fingerprint density at radius 3 is 2.48 bits per heavy atom. The van der Waals surface area contributed by atoms with E-state index in [0.29, 0.717) is 4.90 Å². The van der Waals surface area contributed by atoms with E-state index in [2.05, 4.69) is 9.72 Å². The Morgan fingerprint density at radius 2 is 2.00 bits per heavy atom. The third kappa shape index (κ3) is 5.76. The molecule has 0 atom stereocenters. The highest BCUT2D eigenvalue weighted by Gasteiger charge is 2.33. The van der Waals surface area contributed by atoms with E-state index < -0.39 is 37.1 Å². The van der Waals surface area contributed by atoms with E-state index in [1.165, 1.54) is 0 Å². The van der Waals surface area contributed by atoms with Crippen molar-refractivity contribution in [2.24, 2.45) is 0 Å². The van der Waals surface area contributed by atoms with Crippen LogP contribution in [0, 0.1) is 5.95 Å². The highest BCUT2D eigenvalue weighted by Crippen LogP contribution is 2.18. The van der Waals surface area contributed by atoms with Crippen LogP contribution in [0.1, 0.15) is 16.8 Å². The average Bonchev–Trinajstić information content (AvgIpc) is 2.42. The van der Waals surface area contributed by atoms with Crippen LogP contribution in [0.3, 0.4) is 0 Å². The van der Waals surface area contributed by atoms with Gasteiger partial charge in [-0.05, 0) is 12.1 Å². The summed E-state index contributed by atoms with van der Waals surface area (Å²) < 4.78 is 54.4. The lowest BCUT2D eigenvalue weighted by Gasteiger charge is -2.23. The molecule has 0 bridgehead atoms. The number of pyridine rings is 1. The molecule has 21 heavy (non-hydrogen) atoms. The Balaban J connectivity index is 2.86. The smallest absolute Gasteiger partial charge is 0.406 e. The average molecular weight is 308 g/mol. The van der Waals surface area contributed by atoms with Gasteiger partial charge >= 0.3 is 12.1 Å². The van der Waals surface area contributed by atoms with Crippen molar-refractivity contribution in [3.8, 4) is 0 Å². The van der Waals surface area contributed by atoms with Crippen molar-refractivity contribution in [1.82, 2.24) is 9.88 Å². The van der Waals surface area contributed by atoms with Crippen LogP contribution in [0.2, 0.25) is 0 Å². The lowest BCUT2D eigenvalue weighted by atomic mass is 10.2. The molecule has 116 valence electrons. The first-order chi connectivity index (χ1) is 9.73. The number of alkyl halides is 3. The molecule has 1 aromatic heterocycles. The number of halogens is 4. The van der Waals surface area contributed by atoms with Crippen LogP contribution >= 0.6 is 0 Å². The molecule has 9 heteroatoms. The van der Waals surface area contributed by atoms with Crippen LogP contribution in [-0.2, 0) is 9.53 Å². The third-order valence-electron chi connectivity index (χ3n) is 2.45. The van der Waals surface area contributed by atoms with Crippen LogP contribution in [-0.4, -0.2) is 48.1 Å². The molecule has 0 aliphatic heterocycles. The molecular formula is C12H12F4N2O3. The summed E-state index contributed by atoms with van der Waals surface area (Å²) in [5, 5.41) is 0. The summed E-state index contributed by atoms with van der Waals surface area (Å²) >= 11 is 0. The number of rotatable bonds is 5. The minimum atomic E-state index is -4.63. The molecule has 0 spiro atoms. The van der Waals surface area contributed by atoms with Gasteiger partial charge in [-0.15, -0.1) is 0 Å². The SMILES string of the molecule is COC(=O)CCN(CC(F)(F)F)C(=O)c1ccc(F)nc1. The van der Waals surface area contributed by atoms with E-state index in [-0.39, 0.29) is 12.0 Å². The van der Waals surface area contributed by atoms with E-state index in [1.807, 2.05) is 0 Å². The highest BCUT2D eigenvalue weighted by atomic mass is 19.4. The van der Waals surface area contributed by atoms with Crippen molar-refractivity contribution in [3.63, 3.8) is 0 Å². The summed E-state index contributed by atoms with van der Waals surface area (Å²) in [5.41, 5.74) is -0.203. The monoisotopic (exact) mass is 308 g/mol. The van der Waals surface area contributed by atoms with Gasteiger partial charge in [-0.1, -0.05) is 0 Å². The van der Waals surface area contributed by atoms with Crippen LogP contribution in [0.5, 0.6) is 0 Å². The maximum atomic E-state index is 12.6. The van der Waals surface area contributed by atoms with Crippen LogP contribution in [0.4, 0.5) is 17.6 Å². The van der Waals surface area contributed by atoms with Crippen molar-refractivity contribution in [2.45, 2.75) is 12.6 Å². The number of carbonyl (C=O) groups excluding carboxylic acids is 2. The number of nitrogens with zero attached hydrogens (tertiary/aromatic N) is 2. The van der Waals surface area contributed by atoms with Crippen molar-refractivity contribution in [2.75, 3.05) is 20.2 Å². The van der Waals surface area contributed by atoms with Crippen molar-refractivity contribution in [1.29, 1.82) is 0 Å². The summed E-state index contributed by atoms with van der Waals surface area (Å²) in [4.78, 5) is 26.6. The molecule has 0 saturated heterocycles. The second-order valence-corrected chi connectivity index (χ2v) is 4.04. The van der Waals surface area contributed by atoms with E-state index >= 15 is 0 Å². The fraction of sp³-hybridized carbons (Fsp3) is 0.417. The van der Waals surface area contributed by atoms with Gasteiger partial charge < -0.3 is 9.64 Å². The Morgan fingerprint density at radius 1 is 1.33 bits per heavy atom. The largest absolute Gasteiger partial charge is 0.469 e. The molecule has 1 aromatic rings. The minimum Gasteiger partial charge on any atom is -0.469 e. The molecule has 0 saturated carbocycles. The molecule has 0 N–H and O–H groups in total. The number of carbonyl (C=O) groups is 2. The van der Waals surface area contributed by atoms with E-state index in [9.17, 15) is 27.2 Å². The van der Waals surface area contributed by atoms with Crippen molar-refractivity contribution < 1.29 is 31.9 Å². The molecule has 0 aliphatic carbocycles. The van der Waals surface area contributed by atoms with E-state index in [4.69, 9.17) is 0 Å². The van der Waals surface area contributed by atoms with Gasteiger partial charge in [0.1, 0.15) is 6.54 Å². The zero-order valence-corrected chi connectivity index (χ0v) is 11.0. The van der Waals surface area contributed by atoms with Crippen LogP contribution in [0.15, 0.2) is 18.3 Å². The fourth-order valence-corrected chi connectivity index (χ4v) is 1.48. The molecule has 0 aromatic carbocycles. The zero-order chi connectivity index (χ0) is 16.0. The predicted octanol–water partition coefficient (Wildman–Crippen LogP) is 1.79. The molecule has 1 heterocycles. The molecule has 0 unspecified atom stereocenters. The van der Waals surface area contributed by atoms with Gasteiger partial charge in [-0.3, -0.25) is 9.59 Å². The molecule has 0 radical (unpaired) electrons. The van der Waals surface area contributed by atoms with Crippen molar-refractivity contribution >= 4 is 11.9 Å². The third-order valence-corrected chi connectivity index (χ3v) is 2.45. The predicted molar refractivity (Wildman–Crippen MR) is 62.8 cm³/mol. The lowest BCUT2D eigenvalue weighted by Crippen LogP contribution is -2.40. The van der Waals surface area contributed by atoms with Gasteiger partial charge in [0.2, 0.25) is 5.95 Å². The number of ether oxygens (including phenoxy) is 1. The van der Waals surface area contributed by atoms with Gasteiger partial charge in [0.15, 0.2) is 0 Å². The topological polar surface area (TPSA) is 59.5 Å². The number of hydrogen-bond acceptors (Lipinski definition) is 4. The summed E-state index contributed by atoms with van der Waals surface area (Å²) in [6, 6.07) is 1.88. The molecular weight excluding hydrogens is 296 g/mol. The normalized spacial score (nSPS) is 11.1. The number of esters is 1. The summed E-state index contributed by atoms with van der Waals surface area (Å²) in [7, 11) is 1.09. The van der Waals surface area contributed by atoms with E-state index in [1.54, 1.807) is 0 Å². The van der Waals surface area contributed by atoms with Gasteiger partial charge in [0.05, 0.1) is 19.1 Å². The second kappa shape index (κ2) is 7.00. The fourth-order valence-electron chi connectivity index (χ4n) is 1.48. The Labute approximate surface area is 117 Å². The summed E-state index contributed by atoms with van der Waals surface area (Å²) in [6.07, 6.45) is -4.18. The Kier molecular flexibility index (Phi) is 5.62. The van der Waals surface area contributed by atoms with Gasteiger partial charge in [0.25, 0.3) is 5.91 Å². The molecule has 1 amide bonds. The first-order valence-electron chi connectivity index (χ1n) is 5.77. The Bertz CT molecular complexity index is 502. The number of hydrogen-bond donors (Lipinski definition) is 0. The van der Waals surface area contributed by atoms with Crippen LogP contribution < -0.4 is 0 Å². The first kappa shape index (κ1) is 16.9. The molecule has 0 aliphatic rings. The maximum Gasteiger partial charge on any atom is 0.406 e. The number of amides is 1. The van der Waals surface area contributed by atoms with Crippen molar-refractivity contribution in [3.05, 3.63) is 29.8 Å². The second-order valence-electron chi connectivity index (χ2n) is 4.04. The van der Waals surface area contributed by atoms with Gasteiger partial charge in [0, 0.05) is 12.7 Å². The highest BCUT2D eigenvalue weighted by molar-refractivity contribution is 5.94. The number of methoxy groups -OCH3 is 1. The summed E-state index contributed by atoms with van der Waals surface area (Å²) in [5.74, 6) is -2.60. The molecule has 0 fully saturated rings. The van der Waals surface area contributed by atoms with Gasteiger partial charge in [-0.25, -0.2) is 4.98 Å². The lowest BCUT2D eigenvalue weighted by molar-refractivity contribution is -0.147. The molecule has 5 nitrogen and oxygen atoms in total. The zero-order valence-electron chi connectivity index (χ0n) is 11.0. The Hall–Kier alpha value is -2.19. The van der Waals surface area contributed by atoms with E-state index in [0.717, 1.165) is 25.4 Å². The first-order valence-corrected chi connectivity index (χ1v) is 5.77. The number of aromatic nitrogens is 1. The maximum absolute atomic E-state index is 12.6. The molecule has 1 rings (SSSR count). The van der Waals surface area contributed by atoms with Gasteiger partial charge in [-0.2, -0.15) is 17.6 Å². The standard InChI is InChI=1S/C12H12F4N2O3/c1-21-10(19)4-5-18(7-12(14,15)16)11(20)8-2-3-9(13)17-6-8/h2-3,6H,4-5,7H2,1H3. The quantitative estimate of drug-likeness (QED) is 0.473. The minimum absolute atomic E-state index is 0.203. The van der Waals surface area contributed by atoms with Crippen LogP contribution in [0.25, 0.3) is 0 Å².